The summed E-state index contributed by atoms with van der Waals surface area (Å²) < 4.78 is 0. The Morgan fingerprint density at radius 3 is 3.15 bits per heavy atom. The Kier molecular flexibility index (Phi) is 3.01. The van der Waals surface area contributed by atoms with E-state index in [9.17, 15) is 10.1 Å². The molecular formula is C12H13N5O2S. The van der Waals surface area contributed by atoms with Crippen LogP contribution in [0.1, 0.15) is 23.4 Å². The number of thiophene rings is 1. The molecule has 0 fully saturated rings. The molecule has 1 aliphatic rings. The molecule has 0 bridgehead atoms. The molecule has 7 nitrogen and oxygen atoms in total. The maximum atomic E-state index is 11.1. The van der Waals surface area contributed by atoms with E-state index < -0.39 is 4.92 Å². The smallest absolute Gasteiger partial charge is 0.329 e. The van der Waals surface area contributed by atoms with Crippen molar-refractivity contribution in [2.45, 2.75) is 19.4 Å². The van der Waals surface area contributed by atoms with Gasteiger partial charge in [0.1, 0.15) is 6.20 Å². The fraction of sp³-hybridized carbons (Fsp3) is 0.333. The first-order chi connectivity index (χ1) is 9.58. The van der Waals surface area contributed by atoms with E-state index >= 15 is 0 Å². The van der Waals surface area contributed by atoms with Crippen LogP contribution >= 0.6 is 11.3 Å². The molecule has 0 aromatic carbocycles. The zero-order valence-corrected chi connectivity index (χ0v) is 11.6. The molecule has 0 saturated heterocycles. The minimum absolute atomic E-state index is 0.0398. The summed E-state index contributed by atoms with van der Waals surface area (Å²) in [6, 6.07) is 2.10. The second-order valence-electron chi connectivity index (χ2n) is 4.61. The van der Waals surface area contributed by atoms with Crippen molar-refractivity contribution in [1.82, 2.24) is 9.97 Å². The summed E-state index contributed by atoms with van der Waals surface area (Å²) in [6.07, 6.45) is 2.03. The standard InChI is InChI=1S/C12H13N5O2S/c1-7-8-3-5-20-10(8)2-4-16(7)11-9(17(18)19)6-14-12(13)15-11/h3,5-7H,2,4H2,1H3,(H2,13,14,15). The summed E-state index contributed by atoms with van der Waals surface area (Å²) in [6.45, 7) is 2.71. The van der Waals surface area contributed by atoms with Crippen molar-refractivity contribution in [3.8, 4) is 0 Å². The number of fused-ring (bicyclic) bond motifs is 1. The van der Waals surface area contributed by atoms with Crippen molar-refractivity contribution in [1.29, 1.82) is 0 Å². The highest BCUT2D eigenvalue weighted by Crippen LogP contribution is 2.38. The second kappa shape index (κ2) is 4.71. The number of aromatic nitrogens is 2. The highest BCUT2D eigenvalue weighted by atomic mass is 32.1. The van der Waals surface area contributed by atoms with Gasteiger partial charge in [-0.25, -0.2) is 4.98 Å². The Bertz CT molecular complexity index is 672. The summed E-state index contributed by atoms with van der Waals surface area (Å²) in [5, 5.41) is 13.2. The van der Waals surface area contributed by atoms with Crippen LogP contribution < -0.4 is 10.6 Å². The normalized spacial score (nSPS) is 17.9. The third kappa shape index (κ3) is 1.97. The lowest BCUT2D eigenvalue weighted by atomic mass is 10.0. The van der Waals surface area contributed by atoms with Gasteiger partial charge in [-0.15, -0.1) is 11.3 Å². The van der Waals surface area contributed by atoms with Crippen molar-refractivity contribution in [3.05, 3.63) is 38.2 Å². The molecule has 20 heavy (non-hydrogen) atoms. The predicted octanol–water partition coefficient (Wildman–Crippen LogP) is 2.15. The van der Waals surface area contributed by atoms with Gasteiger partial charge in [-0.2, -0.15) is 4.98 Å². The topological polar surface area (TPSA) is 98.2 Å². The molecule has 8 heteroatoms. The van der Waals surface area contributed by atoms with Crippen molar-refractivity contribution < 1.29 is 4.92 Å². The number of nitro groups is 1. The van der Waals surface area contributed by atoms with Crippen molar-refractivity contribution in [2.24, 2.45) is 0 Å². The quantitative estimate of drug-likeness (QED) is 0.672. The largest absolute Gasteiger partial charge is 0.368 e. The average Bonchev–Trinajstić information content (AvgIpc) is 2.88. The Labute approximate surface area is 119 Å². The van der Waals surface area contributed by atoms with Gasteiger partial charge >= 0.3 is 5.69 Å². The molecule has 0 saturated carbocycles. The molecule has 1 aliphatic heterocycles. The number of nitrogens with zero attached hydrogens (tertiary/aromatic N) is 4. The Morgan fingerprint density at radius 2 is 2.40 bits per heavy atom. The van der Waals surface area contributed by atoms with Crippen LogP contribution in [0.5, 0.6) is 0 Å². The molecule has 2 aromatic heterocycles. The van der Waals surface area contributed by atoms with Crippen molar-refractivity contribution >= 4 is 28.8 Å². The van der Waals surface area contributed by atoms with Crippen LogP contribution in [0.25, 0.3) is 0 Å². The van der Waals surface area contributed by atoms with E-state index in [0.29, 0.717) is 12.4 Å². The highest BCUT2D eigenvalue weighted by molar-refractivity contribution is 7.10. The molecule has 104 valence electrons. The van der Waals surface area contributed by atoms with E-state index in [1.165, 1.54) is 16.6 Å². The molecule has 3 heterocycles. The SMILES string of the molecule is CC1c2ccsc2CCN1c1nc(N)ncc1[N+](=O)[O-]. The molecule has 0 aliphatic carbocycles. The molecular weight excluding hydrogens is 278 g/mol. The number of rotatable bonds is 2. The molecule has 1 unspecified atom stereocenters. The summed E-state index contributed by atoms with van der Waals surface area (Å²) in [5.41, 5.74) is 6.68. The second-order valence-corrected chi connectivity index (χ2v) is 5.61. The minimum atomic E-state index is -0.468. The van der Waals surface area contributed by atoms with Crippen molar-refractivity contribution in [2.75, 3.05) is 17.2 Å². The van der Waals surface area contributed by atoms with Crippen LogP contribution in [-0.4, -0.2) is 21.4 Å². The van der Waals surface area contributed by atoms with Crippen LogP contribution in [0.3, 0.4) is 0 Å². The number of hydrogen-bond acceptors (Lipinski definition) is 7. The van der Waals surface area contributed by atoms with Crippen LogP contribution in [-0.2, 0) is 6.42 Å². The van der Waals surface area contributed by atoms with E-state index in [2.05, 4.69) is 16.0 Å². The summed E-state index contributed by atoms with van der Waals surface area (Å²) >= 11 is 1.72. The van der Waals surface area contributed by atoms with Gasteiger partial charge in [0.15, 0.2) is 0 Å². The lowest BCUT2D eigenvalue weighted by molar-refractivity contribution is -0.384. The number of nitrogens with two attached hydrogens (primary N) is 1. The lowest BCUT2D eigenvalue weighted by Gasteiger charge is -2.34. The Balaban J connectivity index is 2.06. The van der Waals surface area contributed by atoms with Gasteiger partial charge in [0.05, 0.1) is 11.0 Å². The summed E-state index contributed by atoms with van der Waals surface area (Å²) in [7, 11) is 0. The molecule has 0 radical (unpaired) electrons. The van der Waals surface area contributed by atoms with Crippen LogP contribution in [0.2, 0.25) is 0 Å². The first kappa shape index (κ1) is 12.8. The Morgan fingerprint density at radius 1 is 1.60 bits per heavy atom. The fourth-order valence-corrected chi connectivity index (χ4v) is 3.48. The van der Waals surface area contributed by atoms with E-state index in [1.807, 2.05) is 17.2 Å². The summed E-state index contributed by atoms with van der Waals surface area (Å²) in [4.78, 5) is 21.7. The fourth-order valence-electron chi connectivity index (χ4n) is 2.52. The molecule has 2 aromatic rings. The maximum Gasteiger partial charge on any atom is 0.329 e. The van der Waals surface area contributed by atoms with Crippen LogP contribution in [0, 0.1) is 10.1 Å². The summed E-state index contributed by atoms with van der Waals surface area (Å²) in [5.74, 6) is 0.348. The van der Waals surface area contributed by atoms with Gasteiger partial charge in [-0.3, -0.25) is 10.1 Å². The van der Waals surface area contributed by atoms with E-state index in [1.54, 1.807) is 11.3 Å². The predicted molar refractivity (Wildman–Crippen MR) is 76.9 cm³/mol. The zero-order chi connectivity index (χ0) is 14.3. The average molecular weight is 291 g/mol. The van der Waals surface area contributed by atoms with Gasteiger partial charge < -0.3 is 10.6 Å². The van der Waals surface area contributed by atoms with Gasteiger partial charge in [-0.1, -0.05) is 0 Å². The maximum absolute atomic E-state index is 11.1. The molecule has 0 amide bonds. The zero-order valence-electron chi connectivity index (χ0n) is 10.8. The number of hydrogen-bond donors (Lipinski definition) is 1. The number of anilines is 2. The van der Waals surface area contributed by atoms with E-state index in [-0.39, 0.29) is 17.7 Å². The van der Waals surface area contributed by atoms with Crippen LogP contribution in [0.15, 0.2) is 17.6 Å². The minimum Gasteiger partial charge on any atom is -0.368 e. The molecule has 1 atom stereocenters. The van der Waals surface area contributed by atoms with E-state index in [4.69, 9.17) is 5.73 Å². The van der Waals surface area contributed by atoms with E-state index in [0.717, 1.165) is 6.42 Å². The van der Waals surface area contributed by atoms with Gasteiger partial charge in [0.2, 0.25) is 11.8 Å². The molecule has 3 rings (SSSR count). The monoisotopic (exact) mass is 291 g/mol. The first-order valence-electron chi connectivity index (χ1n) is 6.17. The third-order valence-corrected chi connectivity index (χ3v) is 4.51. The third-order valence-electron chi connectivity index (χ3n) is 3.51. The molecule has 0 spiro atoms. The van der Waals surface area contributed by atoms with Crippen molar-refractivity contribution in [3.63, 3.8) is 0 Å². The van der Waals surface area contributed by atoms with Gasteiger partial charge in [0, 0.05) is 11.4 Å². The first-order valence-corrected chi connectivity index (χ1v) is 7.05. The van der Waals surface area contributed by atoms with Gasteiger partial charge in [-0.05, 0) is 30.4 Å². The highest BCUT2D eigenvalue weighted by Gasteiger charge is 2.31. The number of nitrogen functional groups attached to an aromatic ring is 1. The Hall–Kier alpha value is -2.22. The van der Waals surface area contributed by atoms with Gasteiger partial charge in [0.25, 0.3) is 0 Å². The molecule has 2 N–H and O–H groups in total. The lowest BCUT2D eigenvalue weighted by Crippen LogP contribution is -2.34. The van der Waals surface area contributed by atoms with Crippen LogP contribution in [0.4, 0.5) is 17.5 Å².